The summed E-state index contributed by atoms with van der Waals surface area (Å²) >= 11 is 6.18. The van der Waals surface area contributed by atoms with Gasteiger partial charge in [0.05, 0.1) is 10.7 Å². The molecule has 2 aliphatic rings. The fourth-order valence-corrected chi connectivity index (χ4v) is 2.95. The van der Waals surface area contributed by atoms with E-state index in [1.54, 1.807) is 0 Å². The van der Waals surface area contributed by atoms with E-state index in [0.717, 1.165) is 43.3 Å². The monoisotopic (exact) mass is 223 g/mol. The SMILES string of the molecule is Clc1cccc2c1NCC21CCOCC1. The van der Waals surface area contributed by atoms with Crippen LogP contribution in [0.15, 0.2) is 18.2 Å². The van der Waals surface area contributed by atoms with Gasteiger partial charge < -0.3 is 10.1 Å². The van der Waals surface area contributed by atoms with Crippen molar-refractivity contribution in [1.29, 1.82) is 0 Å². The summed E-state index contributed by atoms with van der Waals surface area (Å²) in [6.45, 7) is 2.75. The number of para-hydroxylation sites is 1. The van der Waals surface area contributed by atoms with Gasteiger partial charge in [0, 0.05) is 25.2 Å². The molecule has 2 heterocycles. The number of halogens is 1. The Hall–Kier alpha value is -0.730. The predicted octanol–water partition coefficient (Wildman–Crippen LogP) is 2.81. The summed E-state index contributed by atoms with van der Waals surface area (Å²) in [7, 11) is 0. The lowest BCUT2D eigenvalue weighted by Gasteiger charge is -2.33. The molecule has 3 rings (SSSR count). The zero-order chi connectivity index (χ0) is 10.3. The Morgan fingerprint density at radius 2 is 2.07 bits per heavy atom. The van der Waals surface area contributed by atoms with Crippen molar-refractivity contribution in [3.8, 4) is 0 Å². The topological polar surface area (TPSA) is 21.3 Å². The average molecular weight is 224 g/mol. The lowest BCUT2D eigenvalue weighted by Crippen LogP contribution is -2.35. The number of ether oxygens (including phenoxy) is 1. The van der Waals surface area contributed by atoms with Gasteiger partial charge in [0.1, 0.15) is 0 Å². The number of fused-ring (bicyclic) bond motifs is 2. The average Bonchev–Trinajstić information content (AvgIpc) is 2.61. The fourth-order valence-electron chi connectivity index (χ4n) is 2.71. The summed E-state index contributed by atoms with van der Waals surface area (Å²) in [6.07, 6.45) is 2.21. The normalized spacial score (nSPS) is 22.5. The van der Waals surface area contributed by atoms with Crippen molar-refractivity contribution in [1.82, 2.24) is 0 Å². The van der Waals surface area contributed by atoms with E-state index in [2.05, 4.69) is 11.4 Å². The number of nitrogens with one attached hydrogen (secondary N) is 1. The first-order valence-corrected chi connectivity index (χ1v) is 5.80. The van der Waals surface area contributed by atoms with Crippen LogP contribution in [0.25, 0.3) is 0 Å². The van der Waals surface area contributed by atoms with Crippen molar-refractivity contribution >= 4 is 17.3 Å². The Bertz CT molecular complexity index is 385. The van der Waals surface area contributed by atoms with Crippen LogP contribution in [-0.2, 0) is 10.2 Å². The highest BCUT2D eigenvalue weighted by Crippen LogP contribution is 2.45. The van der Waals surface area contributed by atoms with E-state index in [0.29, 0.717) is 0 Å². The van der Waals surface area contributed by atoms with Crippen LogP contribution in [0.3, 0.4) is 0 Å². The van der Waals surface area contributed by atoms with Crippen molar-refractivity contribution in [2.45, 2.75) is 18.3 Å². The third-order valence-electron chi connectivity index (χ3n) is 3.64. The molecule has 0 amide bonds. The Labute approximate surface area is 94.6 Å². The maximum atomic E-state index is 6.18. The van der Waals surface area contributed by atoms with E-state index in [4.69, 9.17) is 16.3 Å². The molecule has 1 N–H and O–H groups in total. The quantitative estimate of drug-likeness (QED) is 0.730. The maximum Gasteiger partial charge on any atom is 0.0640 e. The van der Waals surface area contributed by atoms with Crippen molar-refractivity contribution in [2.75, 3.05) is 25.1 Å². The van der Waals surface area contributed by atoms with Crippen LogP contribution in [-0.4, -0.2) is 19.8 Å². The number of hydrogen-bond donors (Lipinski definition) is 1. The molecule has 0 saturated carbocycles. The molecule has 1 spiro atoms. The standard InChI is InChI=1S/C12H14ClNO/c13-10-3-1-2-9-11(10)14-8-12(9)4-6-15-7-5-12/h1-3,14H,4-8H2. The van der Waals surface area contributed by atoms with Crippen LogP contribution in [0.5, 0.6) is 0 Å². The first-order valence-electron chi connectivity index (χ1n) is 5.42. The molecule has 1 saturated heterocycles. The summed E-state index contributed by atoms with van der Waals surface area (Å²) < 4.78 is 5.44. The van der Waals surface area contributed by atoms with Gasteiger partial charge in [-0.1, -0.05) is 23.7 Å². The van der Waals surface area contributed by atoms with Crippen LogP contribution < -0.4 is 5.32 Å². The van der Waals surface area contributed by atoms with Crippen LogP contribution >= 0.6 is 11.6 Å². The van der Waals surface area contributed by atoms with E-state index in [-0.39, 0.29) is 5.41 Å². The molecule has 1 aromatic rings. The van der Waals surface area contributed by atoms with Crippen molar-refractivity contribution in [3.63, 3.8) is 0 Å². The molecular formula is C12H14ClNO. The minimum Gasteiger partial charge on any atom is -0.383 e. The van der Waals surface area contributed by atoms with Crippen LogP contribution in [0.2, 0.25) is 5.02 Å². The third kappa shape index (κ3) is 1.35. The van der Waals surface area contributed by atoms with Gasteiger partial charge in [0.2, 0.25) is 0 Å². The van der Waals surface area contributed by atoms with Crippen molar-refractivity contribution in [3.05, 3.63) is 28.8 Å². The van der Waals surface area contributed by atoms with E-state index in [9.17, 15) is 0 Å². The second-order valence-corrected chi connectivity index (χ2v) is 4.82. The lowest BCUT2D eigenvalue weighted by atomic mass is 9.76. The molecule has 15 heavy (non-hydrogen) atoms. The Balaban J connectivity index is 2.06. The number of anilines is 1. The summed E-state index contributed by atoms with van der Waals surface area (Å²) in [5.41, 5.74) is 2.80. The summed E-state index contributed by atoms with van der Waals surface area (Å²) in [5.74, 6) is 0. The van der Waals surface area contributed by atoms with Gasteiger partial charge in [-0.05, 0) is 24.5 Å². The zero-order valence-electron chi connectivity index (χ0n) is 8.55. The maximum absolute atomic E-state index is 6.18. The van der Waals surface area contributed by atoms with Crippen molar-refractivity contribution in [2.24, 2.45) is 0 Å². The van der Waals surface area contributed by atoms with Gasteiger partial charge >= 0.3 is 0 Å². The van der Waals surface area contributed by atoms with E-state index >= 15 is 0 Å². The highest BCUT2D eigenvalue weighted by atomic mass is 35.5. The summed E-state index contributed by atoms with van der Waals surface area (Å²) in [5, 5.41) is 4.28. The second kappa shape index (κ2) is 3.39. The van der Waals surface area contributed by atoms with Gasteiger partial charge in [-0.2, -0.15) is 0 Å². The number of rotatable bonds is 0. The summed E-state index contributed by atoms with van der Waals surface area (Å²) in [6, 6.07) is 6.20. The molecular weight excluding hydrogens is 210 g/mol. The molecule has 0 bridgehead atoms. The largest absolute Gasteiger partial charge is 0.383 e. The Kier molecular flexibility index (Phi) is 2.15. The number of benzene rings is 1. The minimum atomic E-state index is 0.276. The van der Waals surface area contributed by atoms with Gasteiger partial charge in [-0.3, -0.25) is 0 Å². The van der Waals surface area contributed by atoms with Crippen LogP contribution in [0.4, 0.5) is 5.69 Å². The molecule has 0 aliphatic carbocycles. The number of hydrogen-bond acceptors (Lipinski definition) is 2. The van der Waals surface area contributed by atoms with Crippen LogP contribution in [0.1, 0.15) is 18.4 Å². The molecule has 2 nitrogen and oxygen atoms in total. The highest BCUT2D eigenvalue weighted by molar-refractivity contribution is 6.33. The molecule has 3 heteroatoms. The molecule has 0 radical (unpaired) electrons. The van der Waals surface area contributed by atoms with E-state index in [1.165, 1.54) is 5.56 Å². The van der Waals surface area contributed by atoms with E-state index in [1.807, 2.05) is 12.1 Å². The highest BCUT2D eigenvalue weighted by Gasteiger charge is 2.40. The molecule has 0 atom stereocenters. The Morgan fingerprint density at radius 3 is 2.87 bits per heavy atom. The Morgan fingerprint density at radius 1 is 1.27 bits per heavy atom. The van der Waals surface area contributed by atoms with Crippen LogP contribution in [0, 0.1) is 0 Å². The zero-order valence-corrected chi connectivity index (χ0v) is 9.31. The molecule has 80 valence electrons. The molecule has 0 unspecified atom stereocenters. The van der Waals surface area contributed by atoms with Gasteiger partial charge in [0.25, 0.3) is 0 Å². The third-order valence-corrected chi connectivity index (χ3v) is 3.95. The van der Waals surface area contributed by atoms with Gasteiger partial charge in [-0.15, -0.1) is 0 Å². The molecule has 1 aromatic carbocycles. The van der Waals surface area contributed by atoms with Crippen molar-refractivity contribution < 1.29 is 4.74 Å². The predicted molar refractivity (Wildman–Crippen MR) is 61.7 cm³/mol. The van der Waals surface area contributed by atoms with Gasteiger partial charge in [0.15, 0.2) is 0 Å². The van der Waals surface area contributed by atoms with Gasteiger partial charge in [-0.25, -0.2) is 0 Å². The molecule has 1 fully saturated rings. The molecule has 0 aromatic heterocycles. The lowest BCUT2D eigenvalue weighted by molar-refractivity contribution is 0.0567. The summed E-state index contributed by atoms with van der Waals surface area (Å²) in [4.78, 5) is 0. The fraction of sp³-hybridized carbons (Fsp3) is 0.500. The first-order chi connectivity index (χ1) is 7.32. The minimum absolute atomic E-state index is 0.276. The first kappa shape index (κ1) is 9.49. The smallest absolute Gasteiger partial charge is 0.0640 e. The van der Waals surface area contributed by atoms with E-state index < -0.39 is 0 Å². The molecule has 2 aliphatic heterocycles. The second-order valence-electron chi connectivity index (χ2n) is 4.41.